The number of nitrogens with zero attached hydrogens (tertiary/aromatic N) is 3. The molecule has 218 valence electrons. The molecule has 0 unspecified atom stereocenters. The SMILES string of the molecule is c1cncc(-c2cc(-c3cccnc3)cc(-c3ccc4c(c3)-c3cc(-n5c6ccccc6c6ccccc65)ccc3CSC4)c2)c1. The van der Waals surface area contributed by atoms with E-state index >= 15 is 0 Å². The van der Waals surface area contributed by atoms with Gasteiger partial charge < -0.3 is 4.57 Å². The first-order chi connectivity index (χ1) is 22.8. The number of aromatic nitrogens is 3. The number of hydrogen-bond donors (Lipinski definition) is 0. The highest BCUT2D eigenvalue weighted by Crippen LogP contribution is 2.42. The predicted molar refractivity (Wildman–Crippen MR) is 193 cm³/mol. The number of benzene rings is 5. The Kier molecular flexibility index (Phi) is 6.53. The van der Waals surface area contributed by atoms with E-state index in [9.17, 15) is 0 Å². The molecule has 0 fully saturated rings. The predicted octanol–water partition coefficient (Wildman–Crippen LogP) is 11.0. The monoisotopic (exact) mass is 607 g/mol. The van der Waals surface area contributed by atoms with E-state index in [1.54, 1.807) is 0 Å². The van der Waals surface area contributed by atoms with Crippen LogP contribution in [0.5, 0.6) is 0 Å². The summed E-state index contributed by atoms with van der Waals surface area (Å²) >= 11 is 1.99. The summed E-state index contributed by atoms with van der Waals surface area (Å²) in [5.41, 5.74) is 15.9. The molecule has 46 heavy (non-hydrogen) atoms. The fourth-order valence-corrected chi connectivity index (χ4v) is 7.92. The summed E-state index contributed by atoms with van der Waals surface area (Å²) in [6, 6.07) is 46.6. The number of pyridine rings is 2. The number of rotatable bonds is 4. The summed E-state index contributed by atoms with van der Waals surface area (Å²) in [6.07, 6.45) is 7.52. The molecule has 0 radical (unpaired) electrons. The van der Waals surface area contributed by atoms with Gasteiger partial charge in [0.2, 0.25) is 0 Å². The fraction of sp³-hybridized carbons (Fsp3) is 0.0476. The first-order valence-electron chi connectivity index (χ1n) is 15.6. The maximum Gasteiger partial charge on any atom is 0.0541 e. The lowest BCUT2D eigenvalue weighted by molar-refractivity contribution is 1.17. The third kappa shape index (κ3) is 4.61. The third-order valence-electron chi connectivity index (χ3n) is 9.10. The molecule has 0 saturated heterocycles. The molecule has 0 aliphatic carbocycles. The van der Waals surface area contributed by atoms with Gasteiger partial charge in [-0.2, -0.15) is 11.8 Å². The molecular weight excluding hydrogens is 579 g/mol. The molecule has 0 bridgehead atoms. The van der Waals surface area contributed by atoms with E-state index in [1.165, 1.54) is 60.9 Å². The van der Waals surface area contributed by atoms with E-state index in [-0.39, 0.29) is 0 Å². The van der Waals surface area contributed by atoms with E-state index in [2.05, 4.69) is 130 Å². The van der Waals surface area contributed by atoms with Crippen molar-refractivity contribution in [2.75, 3.05) is 0 Å². The van der Waals surface area contributed by atoms with Gasteiger partial charge in [-0.3, -0.25) is 9.97 Å². The highest BCUT2D eigenvalue weighted by Gasteiger charge is 2.19. The second kappa shape index (κ2) is 11.2. The van der Waals surface area contributed by atoms with E-state index in [0.717, 1.165) is 33.8 Å². The molecule has 9 rings (SSSR count). The van der Waals surface area contributed by atoms with Crippen LogP contribution in [0.25, 0.3) is 72.0 Å². The molecule has 3 nitrogen and oxygen atoms in total. The average molecular weight is 608 g/mol. The normalized spacial score (nSPS) is 12.5. The van der Waals surface area contributed by atoms with Gasteiger partial charge in [0.15, 0.2) is 0 Å². The standard InChI is InChI=1S/C42H29N3S/c1-3-11-41-37(9-1)38-10-2-4-12-42(38)45(41)36-16-15-32-27-46-26-31-14-13-28(22-39(31)40(32)23-36)33-19-34(29-7-5-17-43-24-29)21-35(20-33)30-8-6-18-44-25-30/h1-25H,26-27H2. The van der Waals surface area contributed by atoms with Crippen molar-refractivity contribution >= 4 is 33.6 Å². The van der Waals surface area contributed by atoms with Crippen molar-refractivity contribution in [2.45, 2.75) is 11.5 Å². The van der Waals surface area contributed by atoms with Crippen LogP contribution in [0.1, 0.15) is 11.1 Å². The zero-order valence-electron chi connectivity index (χ0n) is 25.1. The second-order valence-electron chi connectivity index (χ2n) is 11.9. The topological polar surface area (TPSA) is 30.7 Å². The highest BCUT2D eigenvalue weighted by molar-refractivity contribution is 7.97. The van der Waals surface area contributed by atoms with Crippen LogP contribution in [-0.2, 0) is 11.5 Å². The molecule has 0 atom stereocenters. The van der Waals surface area contributed by atoms with Gasteiger partial charge >= 0.3 is 0 Å². The molecule has 1 aliphatic heterocycles. The number of hydrogen-bond acceptors (Lipinski definition) is 3. The van der Waals surface area contributed by atoms with E-state index in [0.29, 0.717) is 0 Å². The Bertz CT molecular complexity index is 2280. The first kappa shape index (κ1) is 26.9. The quantitative estimate of drug-likeness (QED) is 0.199. The van der Waals surface area contributed by atoms with Crippen LogP contribution in [0.2, 0.25) is 0 Å². The van der Waals surface area contributed by atoms with Crippen molar-refractivity contribution in [3.8, 4) is 50.2 Å². The van der Waals surface area contributed by atoms with Crippen molar-refractivity contribution in [1.29, 1.82) is 0 Å². The summed E-state index contributed by atoms with van der Waals surface area (Å²) in [4.78, 5) is 8.82. The molecule has 4 heteroatoms. The molecular formula is C42H29N3S. The Hall–Kier alpha value is -5.45. The summed E-state index contributed by atoms with van der Waals surface area (Å²) < 4.78 is 2.42. The van der Waals surface area contributed by atoms with Crippen molar-refractivity contribution < 1.29 is 0 Å². The Morgan fingerprint density at radius 3 is 1.59 bits per heavy atom. The zero-order chi connectivity index (χ0) is 30.5. The molecule has 0 spiro atoms. The summed E-state index contributed by atoms with van der Waals surface area (Å²) in [5, 5.41) is 2.56. The molecule has 0 amide bonds. The van der Waals surface area contributed by atoms with Crippen molar-refractivity contribution in [2.24, 2.45) is 0 Å². The molecule has 1 aliphatic rings. The van der Waals surface area contributed by atoms with Crippen LogP contribution in [0.15, 0.2) is 152 Å². The van der Waals surface area contributed by atoms with E-state index in [1.807, 2.05) is 48.7 Å². The van der Waals surface area contributed by atoms with Crippen LogP contribution >= 0.6 is 11.8 Å². The van der Waals surface area contributed by atoms with Crippen LogP contribution in [0, 0.1) is 0 Å². The lowest BCUT2D eigenvalue weighted by Gasteiger charge is -2.16. The largest absolute Gasteiger partial charge is 0.309 e. The molecule has 5 aromatic carbocycles. The van der Waals surface area contributed by atoms with Crippen LogP contribution in [0.3, 0.4) is 0 Å². The molecule has 4 heterocycles. The van der Waals surface area contributed by atoms with Gasteiger partial charge in [-0.15, -0.1) is 0 Å². The van der Waals surface area contributed by atoms with Crippen LogP contribution < -0.4 is 0 Å². The van der Waals surface area contributed by atoms with Gasteiger partial charge in [0.1, 0.15) is 0 Å². The third-order valence-corrected chi connectivity index (χ3v) is 10.1. The lowest BCUT2D eigenvalue weighted by Crippen LogP contribution is -1.97. The molecule has 3 aromatic heterocycles. The molecule has 0 N–H and O–H groups in total. The minimum absolute atomic E-state index is 0.992. The minimum atomic E-state index is 0.992. The zero-order valence-corrected chi connectivity index (χ0v) is 25.9. The van der Waals surface area contributed by atoms with Crippen molar-refractivity contribution in [1.82, 2.24) is 14.5 Å². The molecule has 8 aromatic rings. The number of para-hydroxylation sites is 2. The smallest absolute Gasteiger partial charge is 0.0541 e. The van der Waals surface area contributed by atoms with Crippen LogP contribution in [-0.4, -0.2) is 14.5 Å². The Morgan fingerprint density at radius 1 is 0.457 bits per heavy atom. The van der Waals surface area contributed by atoms with Gasteiger partial charge in [0, 0.05) is 63.9 Å². The average Bonchev–Trinajstić information content (AvgIpc) is 3.35. The Labute approximate surface area is 272 Å². The highest BCUT2D eigenvalue weighted by atomic mass is 32.2. The summed E-state index contributed by atoms with van der Waals surface area (Å²) in [6.45, 7) is 0. The number of fused-ring (bicyclic) bond motifs is 6. The van der Waals surface area contributed by atoms with Gasteiger partial charge in [0.05, 0.1) is 11.0 Å². The Balaban J connectivity index is 1.23. The summed E-state index contributed by atoms with van der Waals surface area (Å²) in [5.74, 6) is 1.99. The minimum Gasteiger partial charge on any atom is -0.309 e. The maximum atomic E-state index is 4.41. The van der Waals surface area contributed by atoms with Gasteiger partial charge in [-0.05, 0) is 105 Å². The maximum absolute atomic E-state index is 4.41. The Morgan fingerprint density at radius 2 is 1.00 bits per heavy atom. The van der Waals surface area contributed by atoms with E-state index in [4.69, 9.17) is 0 Å². The first-order valence-corrected chi connectivity index (χ1v) is 16.7. The van der Waals surface area contributed by atoms with E-state index < -0.39 is 0 Å². The summed E-state index contributed by atoms with van der Waals surface area (Å²) in [7, 11) is 0. The molecule has 0 saturated carbocycles. The van der Waals surface area contributed by atoms with Gasteiger partial charge in [0.25, 0.3) is 0 Å². The van der Waals surface area contributed by atoms with Gasteiger partial charge in [-0.1, -0.05) is 66.7 Å². The second-order valence-corrected chi connectivity index (χ2v) is 12.8. The number of thioether (sulfide) groups is 1. The fourth-order valence-electron chi connectivity index (χ4n) is 6.88. The van der Waals surface area contributed by atoms with Crippen LogP contribution in [0.4, 0.5) is 0 Å². The lowest BCUT2D eigenvalue weighted by atomic mass is 9.90. The van der Waals surface area contributed by atoms with Crippen molar-refractivity contribution in [3.05, 3.63) is 163 Å². The van der Waals surface area contributed by atoms with Crippen molar-refractivity contribution in [3.63, 3.8) is 0 Å². The van der Waals surface area contributed by atoms with Gasteiger partial charge in [-0.25, -0.2) is 0 Å².